The molecule has 1 aromatic carbocycles. The molecule has 1 aliphatic heterocycles. The molecule has 1 saturated heterocycles. The Morgan fingerprint density at radius 1 is 1.43 bits per heavy atom. The molecule has 0 aliphatic carbocycles. The largest absolute Gasteiger partial charge is 0.478 e. The van der Waals surface area contributed by atoms with Crippen LogP contribution >= 0.6 is 11.6 Å². The predicted molar refractivity (Wildman–Crippen MR) is 88.0 cm³/mol. The lowest BCUT2D eigenvalue weighted by Gasteiger charge is -2.31. The highest BCUT2D eigenvalue weighted by molar-refractivity contribution is 6.32. The first-order chi connectivity index (χ1) is 10.1. The van der Waals surface area contributed by atoms with Crippen LogP contribution in [0.25, 0.3) is 6.08 Å². The van der Waals surface area contributed by atoms with Gasteiger partial charge < -0.3 is 10.0 Å². The van der Waals surface area contributed by atoms with Crippen molar-refractivity contribution in [1.82, 2.24) is 0 Å². The quantitative estimate of drug-likeness (QED) is 0.827. The number of carboxylic acids is 1. The van der Waals surface area contributed by atoms with Crippen LogP contribution in [0.5, 0.6) is 0 Å². The maximum absolute atomic E-state index is 10.6. The molecule has 3 nitrogen and oxygen atoms in total. The number of hydrogen-bond acceptors (Lipinski definition) is 2. The van der Waals surface area contributed by atoms with Crippen LogP contribution in [0.1, 0.15) is 44.6 Å². The Hall–Kier alpha value is -1.48. The van der Waals surface area contributed by atoms with E-state index in [0.29, 0.717) is 11.1 Å². The number of carboxylic acid groups (broad SMARTS) is 1. The van der Waals surface area contributed by atoms with Gasteiger partial charge in [0.1, 0.15) is 0 Å². The van der Waals surface area contributed by atoms with Gasteiger partial charge in [0.25, 0.3) is 0 Å². The van der Waals surface area contributed by atoms with Crippen molar-refractivity contribution < 1.29 is 9.90 Å². The number of aliphatic carboxylic acids is 1. The summed E-state index contributed by atoms with van der Waals surface area (Å²) in [6.45, 7) is 3.30. The zero-order valence-electron chi connectivity index (χ0n) is 12.4. The van der Waals surface area contributed by atoms with Crippen LogP contribution in [0.2, 0.25) is 5.02 Å². The summed E-state index contributed by atoms with van der Waals surface area (Å²) in [5, 5.41) is 9.28. The molecule has 0 spiro atoms. The van der Waals surface area contributed by atoms with Gasteiger partial charge in [-0.2, -0.15) is 0 Å². The fourth-order valence-corrected chi connectivity index (χ4v) is 3.17. The first-order valence-electron chi connectivity index (χ1n) is 7.59. The van der Waals surface area contributed by atoms with Crippen LogP contribution in [-0.2, 0) is 4.79 Å². The molecule has 21 heavy (non-hydrogen) atoms. The fourth-order valence-electron chi connectivity index (χ4n) is 2.93. The van der Waals surface area contributed by atoms with Crippen LogP contribution in [-0.4, -0.2) is 23.7 Å². The second-order valence-corrected chi connectivity index (χ2v) is 5.89. The third kappa shape index (κ3) is 4.24. The van der Waals surface area contributed by atoms with E-state index in [-0.39, 0.29) is 0 Å². The molecule has 1 aliphatic rings. The summed E-state index contributed by atoms with van der Waals surface area (Å²) >= 11 is 6.29. The van der Waals surface area contributed by atoms with Gasteiger partial charge in [0.2, 0.25) is 0 Å². The maximum atomic E-state index is 10.6. The molecule has 0 radical (unpaired) electrons. The van der Waals surface area contributed by atoms with Crippen molar-refractivity contribution in [1.29, 1.82) is 0 Å². The van der Waals surface area contributed by atoms with Crippen molar-refractivity contribution in [2.75, 3.05) is 11.4 Å². The van der Waals surface area contributed by atoms with Gasteiger partial charge in [-0.05, 0) is 43.0 Å². The summed E-state index contributed by atoms with van der Waals surface area (Å²) < 4.78 is 0. The minimum Gasteiger partial charge on any atom is -0.478 e. The highest BCUT2D eigenvalue weighted by Crippen LogP contribution is 2.30. The normalized spacial score (nSPS) is 19.7. The molecule has 0 amide bonds. The average Bonchev–Trinajstić information content (AvgIpc) is 2.70. The Morgan fingerprint density at radius 3 is 2.90 bits per heavy atom. The second kappa shape index (κ2) is 7.51. The summed E-state index contributed by atoms with van der Waals surface area (Å²) in [6, 6.07) is 6.47. The minimum absolute atomic E-state index is 0.573. The topological polar surface area (TPSA) is 40.5 Å². The summed E-state index contributed by atoms with van der Waals surface area (Å²) in [4.78, 5) is 13.0. The van der Waals surface area contributed by atoms with Crippen LogP contribution in [0.15, 0.2) is 24.3 Å². The maximum Gasteiger partial charge on any atom is 0.328 e. The molecule has 1 aromatic rings. The fraction of sp³-hybridized carbons (Fsp3) is 0.471. The van der Waals surface area contributed by atoms with E-state index in [0.717, 1.165) is 30.3 Å². The predicted octanol–water partition coefficient (Wildman–Crippen LogP) is 4.60. The zero-order chi connectivity index (χ0) is 15.2. The summed E-state index contributed by atoms with van der Waals surface area (Å²) in [7, 11) is 0. The molecule has 1 heterocycles. The molecule has 1 unspecified atom stereocenters. The van der Waals surface area contributed by atoms with Gasteiger partial charge in [0, 0.05) is 29.4 Å². The van der Waals surface area contributed by atoms with Crippen molar-refractivity contribution in [3.63, 3.8) is 0 Å². The highest BCUT2D eigenvalue weighted by Gasteiger charge is 2.20. The molecular formula is C17H22ClNO2. The van der Waals surface area contributed by atoms with Gasteiger partial charge in [-0.1, -0.05) is 37.4 Å². The first kappa shape index (κ1) is 15.9. The van der Waals surface area contributed by atoms with Gasteiger partial charge >= 0.3 is 5.97 Å². The Balaban J connectivity index is 2.23. The number of rotatable bonds is 4. The van der Waals surface area contributed by atoms with E-state index in [2.05, 4.69) is 11.8 Å². The number of carbonyl (C=O) groups is 1. The summed E-state index contributed by atoms with van der Waals surface area (Å²) in [6.07, 6.45) is 8.82. The van der Waals surface area contributed by atoms with Crippen molar-refractivity contribution in [3.05, 3.63) is 34.9 Å². The SMILES string of the molecule is CCC1CCCCCN1c1ccc(/C=C/C(=O)O)c(Cl)c1. The Kier molecular flexibility index (Phi) is 5.68. The van der Waals surface area contributed by atoms with Gasteiger partial charge in [0.05, 0.1) is 0 Å². The number of halogens is 1. The summed E-state index contributed by atoms with van der Waals surface area (Å²) in [5.41, 5.74) is 1.88. The van der Waals surface area contributed by atoms with Crippen LogP contribution in [0, 0.1) is 0 Å². The van der Waals surface area contributed by atoms with E-state index < -0.39 is 5.97 Å². The lowest BCUT2D eigenvalue weighted by molar-refractivity contribution is -0.131. The zero-order valence-corrected chi connectivity index (χ0v) is 13.1. The van der Waals surface area contributed by atoms with Crippen molar-refractivity contribution in [2.45, 2.75) is 45.1 Å². The molecule has 4 heteroatoms. The number of anilines is 1. The van der Waals surface area contributed by atoms with E-state index >= 15 is 0 Å². The molecular weight excluding hydrogens is 286 g/mol. The van der Waals surface area contributed by atoms with Crippen LogP contribution in [0.3, 0.4) is 0 Å². The van der Waals surface area contributed by atoms with E-state index in [1.807, 2.05) is 18.2 Å². The monoisotopic (exact) mass is 307 g/mol. The molecule has 2 rings (SSSR count). The molecule has 1 fully saturated rings. The molecule has 1 atom stereocenters. The van der Waals surface area contributed by atoms with Gasteiger partial charge in [0.15, 0.2) is 0 Å². The smallest absolute Gasteiger partial charge is 0.328 e. The molecule has 1 N–H and O–H groups in total. The van der Waals surface area contributed by atoms with Crippen LogP contribution in [0.4, 0.5) is 5.69 Å². The van der Waals surface area contributed by atoms with Crippen molar-refractivity contribution in [3.8, 4) is 0 Å². The lowest BCUT2D eigenvalue weighted by atomic mass is 10.1. The third-order valence-corrected chi connectivity index (χ3v) is 4.40. The molecule has 0 bridgehead atoms. The summed E-state index contributed by atoms with van der Waals surface area (Å²) in [5.74, 6) is -0.964. The van der Waals surface area contributed by atoms with Crippen molar-refractivity contribution >= 4 is 29.3 Å². The van der Waals surface area contributed by atoms with Gasteiger partial charge in [-0.3, -0.25) is 0 Å². The minimum atomic E-state index is -0.964. The van der Waals surface area contributed by atoms with E-state index in [9.17, 15) is 4.79 Å². The first-order valence-corrected chi connectivity index (χ1v) is 7.97. The van der Waals surface area contributed by atoms with E-state index in [4.69, 9.17) is 16.7 Å². The Labute approximate surface area is 131 Å². The molecule has 0 aromatic heterocycles. The second-order valence-electron chi connectivity index (χ2n) is 5.48. The Morgan fingerprint density at radius 2 is 2.24 bits per heavy atom. The van der Waals surface area contributed by atoms with Gasteiger partial charge in [-0.15, -0.1) is 0 Å². The third-order valence-electron chi connectivity index (χ3n) is 4.07. The van der Waals surface area contributed by atoms with Gasteiger partial charge in [-0.25, -0.2) is 4.79 Å². The standard InChI is InChI=1S/C17H22ClNO2/c1-2-14-6-4-3-5-11-19(14)15-9-7-13(16(18)12-15)8-10-17(20)21/h7-10,12,14H,2-6,11H2,1H3,(H,20,21)/b10-8+. The van der Waals surface area contributed by atoms with E-state index in [1.54, 1.807) is 0 Å². The average molecular weight is 308 g/mol. The highest BCUT2D eigenvalue weighted by atomic mass is 35.5. The van der Waals surface area contributed by atoms with Crippen LogP contribution < -0.4 is 4.90 Å². The number of nitrogens with zero attached hydrogens (tertiary/aromatic N) is 1. The molecule has 0 saturated carbocycles. The number of hydrogen-bond donors (Lipinski definition) is 1. The van der Waals surface area contributed by atoms with Crippen molar-refractivity contribution in [2.24, 2.45) is 0 Å². The number of benzene rings is 1. The van der Waals surface area contributed by atoms with E-state index in [1.165, 1.54) is 31.8 Å². The molecule has 114 valence electrons. The lowest BCUT2D eigenvalue weighted by Crippen LogP contribution is -2.34. The Bertz CT molecular complexity index is 528.